The average molecular weight is 676 g/mol. The number of para-hydroxylation sites is 2. The van der Waals surface area contributed by atoms with Crippen molar-refractivity contribution in [2.24, 2.45) is 0 Å². The van der Waals surface area contributed by atoms with Crippen LogP contribution in [0.4, 0.5) is 0 Å². The third-order valence-corrected chi connectivity index (χ3v) is 10.2. The van der Waals surface area contributed by atoms with Crippen LogP contribution in [-0.2, 0) is 0 Å². The molecule has 0 atom stereocenters. The van der Waals surface area contributed by atoms with E-state index in [2.05, 4.69) is 205 Å². The Bertz CT molecular complexity index is 2940. The van der Waals surface area contributed by atoms with Gasteiger partial charge in [-0.05, 0) is 80.6 Å². The Morgan fingerprint density at radius 1 is 0.358 bits per heavy atom. The maximum atomic E-state index is 5.44. The normalized spacial score (nSPS) is 11.4. The van der Waals surface area contributed by atoms with E-state index in [1.165, 1.54) is 27.5 Å². The first kappa shape index (κ1) is 30.7. The summed E-state index contributed by atoms with van der Waals surface area (Å²) in [4.78, 5) is 10.9. The largest absolute Gasteiger partial charge is 0.294 e. The third-order valence-electron chi connectivity index (χ3n) is 10.2. The summed E-state index contributed by atoms with van der Waals surface area (Å²) in [6.07, 6.45) is 0. The first-order valence-electron chi connectivity index (χ1n) is 18.0. The van der Waals surface area contributed by atoms with Crippen LogP contribution in [0.2, 0.25) is 0 Å². The highest BCUT2D eigenvalue weighted by atomic mass is 15.1. The molecule has 0 amide bonds. The fourth-order valence-electron chi connectivity index (χ4n) is 7.69. The van der Waals surface area contributed by atoms with E-state index in [0.29, 0.717) is 5.82 Å². The second kappa shape index (κ2) is 12.9. The van der Waals surface area contributed by atoms with Crippen LogP contribution < -0.4 is 0 Å². The van der Waals surface area contributed by atoms with Crippen LogP contribution in [-0.4, -0.2) is 14.5 Å². The lowest BCUT2D eigenvalue weighted by Crippen LogP contribution is -1.99. The highest BCUT2D eigenvalue weighted by Crippen LogP contribution is 2.40. The molecule has 8 aromatic carbocycles. The summed E-state index contributed by atoms with van der Waals surface area (Å²) >= 11 is 0. The summed E-state index contributed by atoms with van der Waals surface area (Å²) < 4.78 is 2.28. The van der Waals surface area contributed by atoms with Gasteiger partial charge >= 0.3 is 0 Å². The molecule has 0 spiro atoms. The molecule has 53 heavy (non-hydrogen) atoms. The van der Waals surface area contributed by atoms with Gasteiger partial charge in [0.2, 0.25) is 0 Å². The molecule has 10 aromatic rings. The van der Waals surface area contributed by atoms with Crippen molar-refractivity contribution >= 4 is 32.7 Å². The maximum Gasteiger partial charge on any atom is 0.162 e. The molecule has 3 heteroatoms. The molecule has 0 N–H and O–H groups in total. The summed E-state index contributed by atoms with van der Waals surface area (Å²) in [5.41, 5.74) is 13.0. The molecular weight excluding hydrogens is 643 g/mol. The molecular formula is C50H33N3. The average Bonchev–Trinajstić information content (AvgIpc) is 3.58. The Morgan fingerprint density at radius 2 is 0.887 bits per heavy atom. The molecule has 0 aliphatic rings. The Kier molecular flexibility index (Phi) is 7.47. The number of hydrogen-bond donors (Lipinski definition) is 0. The van der Waals surface area contributed by atoms with Crippen LogP contribution in [0, 0.1) is 0 Å². The molecule has 0 radical (unpaired) electrons. The fourth-order valence-corrected chi connectivity index (χ4v) is 7.69. The molecule has 10 rings (SSSR count). The Hall–Kier alpha value is -7.10. The highest BCUT2D eigenvalue weighted by Gasteiger charge is 2.21. The summed E-state index contributed by atoms with van der Waals surface area (Å²) in [6.45, 7) is 0. The third kappa shape index (κ3) is 5.47. The summed E-state index contributed by atoms with van der Waals surface area (Å²) in [6, 6.07) is 70.9. The van der Waals surface area contributed by atoms with Gasteiger partial charge in [-0.25, -0.2) is 9.97 Å². The van der Waals surface area contributed by atoms with Crippen LogP contribution in [0.5, 0.6) is 0 Å². The van der Waals surface area contributed by atoms with Crippen LogP contribution >= 0.6 is 0 Å². The van der Waals surface area contributed by atoms with Gasteiger partial charge in [-0.1, -0.05) is 164 Å². The second-order valence-electron chi connectivity index (χ2n) is 13.4. The van der Waals surface area contributed by atoms with E-state index in [9.17, 15) is 0 Å². The molecule has 2 aromatic heterocycles. The van der Waals surface area contributed by atoms with Gasteiger partial charge in [-0.15, -0.1) is 0 Å². The zero-order chi connectivity index (χ0) is 35.1. The molecule has 0 unspecified atom stereocenters. The van der Waals surface area contributed by atoms with Crippen LogP contribution in [0.25, 0.3) is 94.4 Å². The van der Waals surface area contributed by atoms with Gasteiger partial charge in [0.25, 0.3) is 0 Å². The predicted molar refractivity (Wildman–Crippen MR) is 221 cm³/mol. The molecule has 2 heterocycles. The van der Waals surface area contributed by atoms with E-state index in [-0.39, 0.29) is 0 Å². The smallest absolute Gasteiger partial charge is 0.162 e. The van der Waals surface area contributed by atoms with E-state index in [4.69, 9.17) is 9.97 Å². The molecule has 0 saturated carbocycles. The fraction of sp³-hybridized carbons (Fsp3) is 0. The van der Waals surface area contributed by atoms with Gasteiger partial charge in [0.05, 0.1) is 16.6 Å². The Labute approximate surface area is 308 Å². The van der Waals surface area contributed by atoms with Gasteiger partial charge in [0.1, 0.15) is 5.65 Å². The van der Waals surface area contributed by atoms with Gasteiger partial charge in [-0.2, -0.15) is 0 Å². The van der Waals surface area contributed by atoms with Gasteiger partial charge < -0.3 is 0 Å². The summed E-state index contributed by atoms with van der Waals surface area (Å²) in [7, 11) is 0. The Balaban J connectivity index is 1.18. The molecule has 248 valence electrons. The van der Waals surface area contributed by atoms with Crippen molar-refractivity contribution in [3.8, 4) is 61.7 Å². The van der Waals surface area contributed by atoms with Crippen molar-refractivity contribution in [3.63, 3.8) is 0 Å². The second-order valence-corrected chi connectivity index (χ2v) is 13.4. The zero-order valence-corrected chi connectivity index (χ0v) is 28.9. The minimum absolute atomic E-state index is 0.685. The summed E-state index contributed by atoms with van der Waals surface area (Å²) in [5.74, 6) is 0.685. The molecule has 0 aliphatic heterocycles. The van der Waals surface area contributed by atoms with Gasteiger partial charge in [-0.3, -0.25) is 4.57 Å². The van der Waals surface area contributed by atoms with Crippen LogP contribution in [0.15, 0.2) is 200 Å². The van der Waals surface area contributed by atoms with Gasteiger partial charge in [0.15, 0.2) is 5.82 Å². The van der Waals surface area contributed by atoms with Crippen molar-refractivity contribution in [2.45, 2.75) is 0 Å². The van der Waals surface area contributed by atoms with E-state index in [1.54, 1.807) is 0 Å². The van der Waals surface area contributed by atoms with Crippen molar-refractivity contribution in [1.29, 1.82) is 0 Å². The SMILES string of the molecule is c1ccc(-c2cccc(-c3nc(-c4cccc(-c5cccc(-c6cccc7ccccc67)c5)c4)nc4c3c3ccccc3n4-c3ccccc3)c2)cc1. The highest BCUT2D eigenvalue weighted by molar-refractivity contribution is 6.14. The van der Waals surface area contributed by atoms with Crippen molar-refractivity contribution in [3.05, 3.63) is 200 Å². The number of aromatic nitrogens is 3. The summed E-state index contributed by atoms with van der Waals surface area (Å²) in [5, 5.41) is 4.65. The van der Waals surface area contributed by atoms with Crippen LogP contribution in [0.1, 0.15) is 0 Å². The van der Waals surface area contributed by atoms with Gasteiger partial charge in [0, 0.05) is 22.2 Å². The monoisotopic (exact) mass is 675 g/mol. The van der Waals surface area contributed by atoms with E-state index >= 15 is 0 Å². The van der Waals surface area contributed by atoms with E-state index in [0.717, 1.165) is 61.1 Å². The minimum Gasteiger partial charge on any atom is -0.294 e. The molecule has 3 nitrogen and oxygen atoms in total. The lowest BCUT2D eigenvalue weighted by molar-refractivity contribution is 1.11. The van der Waals surface area contributed by atoms with Crippen LogP contribution in [0.3, 0.4) is 0 Å². The molecule has 0 bridgehead atoms. The lowest BCUT2D eigenvalue weighted by Gasteiger charge is -2.12. The van der Waals surface area contributed by atoms with E-state index in [1.807, 2.05) is 0 Å². The molecule has 0 aliphatic carbocycles. The minimum atomic E-state index is 0.685. The number of nitrogens with zero attached hydrogens (tertiary/aromatic N) is 3. The lowest BCUT2D eigenvalue weighted by atomic mass is 9.94. The molecule has 0 fully saturated rings. The number of hydrogen-bond acceptors (Lipinski definition) is 2. The topological polar surface area (TPSA) is 30.7 Å². The maximum absolute atomic E-state index is 5.44. The number of benzene rings is 8. The van der Waals surface area contributed by atoms with Crippen molar-refractivity contribution in [1.82, 2.24) is 14.5 Å². The quantitative estimate of drug-likeness (QED) is 0.176. The molecule has 0 saturated heterocycles. The van der Waals surface area contributed by atoms with Crippen molar-refractivity contribution in [2.75, 3.05) is 0 Å². The number of rotatable bonds is 6. The van der Waals surface area contributed by atoms with E-state index < -0.39 is 0 Å². The predicted octanol–water partition coefficient (Wildman–Crippen LogP) is 13.1. The zero-order valence-electron chi connectivity index (χ0n) is 28.9. The van der Waals surface area contributed by atoms with Crippen molar-refractivity contribution < 1.29 is 0 Å². The first-order valence-corrected chi connectivity index (χ1v) is 18.0. The first-order chi connectivity index (χ1) is 26.3. The number of fused-ring (bicyclic) bond motifs is 4. The Morgan fingerprint density at radius 3 is 1.68 bits per heavy atom. The standard InChI is InChI=1S/C50H33N3/c1-3-15-34(16-4-1)36-19-12-23-40(32-36)48-47-45-28-9-10-30-46(45)53(42-25-5-2-6-26-42)50(47)52-49(51-48)41-24-13-21-38(33-41)37-20-11-22-39(31-37)44-29-14-18-35-17-7-8-27-43(35)44/h1-33H.